The second-order valence-corrected chi connectivity index (χ2v) is 9.70. The van der Waals surface area contributed by atoms with Crippen molar-refractivity contribution in [2.75, 3.05) is 39.4 Å². The summed E-state index contributed by atoms with van der Waals surface area (Å²) in [5.74, 6) is 0.398. The van der Waals surface area contributed by atoms with Gasteiger partial charge in [-0.1, -0.05) is 30.3 Å². The summed E-state index contributed by atoms with van der Waals surface area (Å²) < 4.78 is 39.1. The van der Waals surface area contributed by atoms with E-state index in [-0.39, 0.29) is 18.0 Å². The average molecular weight is 475 g/mol. The topological polar surface area (TPSA) is 131 Å². The molecule has 0 radical (unpaired) electrons. The lowest BCUT2D eigenvalue weighted by Crippen LogP contribution is -2.53. The zero-order valence-electron chi connectivity index (χ0n) is 18.0. The minimum atomic E-state index is -3.76. The van der Waals surface area contributed by atoms with Gasteiger partial charge in [-0.05, 0) is 17.7 Å². The summed E-state index contributed by atoms with van der Waals surface area (Å²) in [6.07, 6.45) is 0.727. The molecule has 3 amide bonds. The Balaban J connectivity index is 1.50. The maximum absolute atomic E-state index is 13.3. The van der Waals surface area contributed by atoms with Crippen LogP contribution in [0.25, 0.3) is 0 Å². The number of benzene rings is 2. The van der Waals surface area contributed by atoms with Gasteiger partial charge >= 0.3 is 6.03 Å². The predicted molar refractivity (Wildman–Crippen MR) is 119 cm³/mol. The normalized spacial score (nSPS) is 18.2. The number of nitrogens with zero attached hydrogens (tertiary/aromatic N) is 2. The molecule has 2 aromatic rings. The predicted octanol–water partition coefficient (Wildman–Crippen LogP) is 1.09. The van der Waals surface area contributed by atoms with Crippen LogP contribution in [0.4, 0.5) is 4.79 Å². The number of nitrogens with one attached hydrogen (secondary N) is 1. The largest absolute Gasteiger partial charge is 0.490 e. The van der Waals surface area contributed by atoms with Crippen LogP contribution in [-0.4, -0.2) is 69.0 Å². The molecule has 0 bridgehead atoms. The van der Waals surface area contributed by atoms with E-state index in [4.69, 9.17) is 15.2 Å². The lowest BCUT2D eigenvalue weighted by Gasteiger charge is -2.38. The second kappa shape index (κ2) is 9.77. The molecule has 176 valence electrons. The summed E-state index contributed by atoms with van der Waals surface area (Å²) in [5.41, 5.74) is 5.83. The number of primary amides is 1. The molecule has 1 atom stereocenters. The van der Waals surface area contributed by atoms with E-state index >= 15 is 0 Å². The van der Waals surface area contributed by atoms with Crippen molar-refractivity contribution < 1.29 is 27.5 Å². The highest BCUT2D eigenvalue weighted by Gasteiger charge is 2.35. The van der Waals surface area contributed by atoms with Gasteiger partial charge in [-0.25, -0.2) is 13.2 Å². The maximum atomic E-state index is 13.3. The molecule has 0 unspecified atom stereocenters. The molecule has 1 fully saturated rings. The Bertz CT molecular complexity index is 1120. The van der Waals surface area contributed by atoms with Crippen LogP contribution < -0.4 is 20.5 Å². The van der Waals surface area contributed by atoms with Gasteiger partial charge in [0.25, 0.3) is 0 Å². The van der Waals surface area contributed by atoms with Gasteiger partial charge in [-0.3, -0.25) is 15.0 Å². The summed E-state index contributed by atoms with van der Waals surface area (Å²) in [6.45, 7) is 1.95. The lowest BCUT2D eigenvalue weighted by molar-refractivity contribution is -0.126. The van der Waals surface area contributed by atoms with Gasteiger partial charge < -0.3 is 15.2 Å². The first-order chi connectivity index (χ1) is 15.9. The Kier molecular flexibility index (Phi) is 6.82. The Hall–Kier alpha value is -3.15. The number of carbonyl (C=O) groups is 2. The first kappa shape index (κ1) is 23.0. The van der Waals surface area contributed by atoms with E-state index < -0.39 is 28.0 Å². The standard InChI is InChI=1S/C22H26N4O6S/c23-22(28)24-21(27)20(16-5-2-1-3-6-16)25-9-11-26(12-10-25)33(29,30)17-7-8-18-19(15-17)32-14-4-13-31-18/h1-3,5-8,15,20H,4,9-14H2,(H3,23,24,27,28)/t20-/m1/s1. The summed E-state index contributed by atoms with van der Waals surface area (Å²) in [6, 6.07) is 11.9. The number of ether oxygens (including phenoxy) is 2. The first-order valence-corrected chi connectivity index (χ1v) is 12.1. The molecule has 2 aliphatic rings. The van der Waals surface area contributed by atoms with E-state index in [0.717, 1.165) is 6.42 Å². The molecule has 2 heterocycles. The lowest BCUT2D eigenvalue weighted by atomic mass is 10.0. The zero-order valence-corrected chi connectivity index (χ0v) is 18.8. The fourth-order valence-electron chi connectivity index (χ4n) is 4.01. The highest BCUT2D eigenvalue weighted by atomic mass is 32.2. The van der Waals surface area contributed by atoms with Crippen molar-refractivity contribution in [3.63, 3.8) is 0 Å². The molecule has 11 heteroatoms. The number of amides is 3. The van der Waals surface area contributed by atoms with Crippen LogP contribution >= 0.6 is 0 Å². The van der Waals surface area contributed by atoms with Crippen molar-refractivity contribution in [3.8, 4) is 11.5 Å². The fraction of sp³-hybridized carbons (Fsp3) is 0.364. The number of urea groups is 1. The molecule has 2 aliphatic heterocycles. The van der Waals surface area contributed by atoms with E-state index in [1.54, 1.807) is 30.3 Å². The molecule has 1 saturated heterocycles. The van der Waals surface area contributed by atoms with Crippen molar-refractivity contribution >= 4 is 22.0 Å². The number of sulfonamides is 1. The molecule has 10 nitrogen and oxygen atoms in total. The van der Waals surface area contributed by atoms with Gasteiger partial charge in [0.05, 0.1) is 18.1 Å². The van der Waals surface area contributed by atoms with Crippen molar-refractivity contribution in [2.24, 2.45) is 5.73 Å². The fourth-order valence-corrected chi connectivity index (χ4v) is 5.45. The van der Waals surface area contributed by atoms with Crippen LogP contribution in [0.15, 0.2) is 53.4 Å². The monoisotopic (exact) mass is 474 g/mol. The molecule has 0 aliphatic carbocycles. The molecular weight excluding hydrogens is 448 g/mol. The highest BCUT2D eigenvalue weighted by molar-refractivity contribution is 7.89. The molecule has 3 N–H and O–H groups in total. The van der Waals surface area contributed by atoms with Crippen LogP contribution in [-0.2, 0) is 14.8 Å². The Morgan fingerprint density at radius 2 is 1.61 bits per heavy atom. The number of nitrogens with two attached hydrogens (primary N) is 1. The summed E-state index contributed by atoms with van der Waals surface area (Å²) in [4.78, 5) is 25.9. The zero-order chi connectivity index (χ0) is 23.4. The van der Waals surface area contributed by atoms with Crippen molar-refractivity contribution in [1.29, 1.82) is 0 Å². The molecule has 4 rings (SSSR count). The van der Waals surface area contributed by atoms with Crippen LogP contribution in [0.1, 0.15) is 18.0 Å². The number of hydrogen-bond acceptors (Lipinski definition) is 7. The minimum absolute atomic E-state index is 0.131. The number of rotatable bonds is 5. The van der Waals surface area contributed by atoms with Gasteiger partial charge in [-0.15, -0.1) is 0 Å². The number of carbonyl (C=O) groups excluding carboxylic acids is 2. The van der Waals surface area contributed by atoms with Crippen molar-refractivity contribution in [1.82, 2.24) is 14.5 Å². The van der Waals surface area contributed by atoms with Gasteiger partial charge in [0.2, 0.25) is 15.9 Å². The van der Waals surface area contributed by atoms with Gasteiger partial charge in [0.1, 0.15) is 6.04 Å². The van der Waals surface area contributed by atoms with E-state index in [1.165, 1.54) is 16.4 Å². The SMILES string of the molecule is NC(=O)NC(=O)[C@@H](c1ccccc1)N1CCN(S(=O)(=O)c2ccc3c(c2)OCCCO3)CC1. The Morgan fingerprint density at radius 3 is 2.27 bits per heavy atom. The quantitative estimate of drug-likeness (QED) is 0.663. The summed E-state index contributed by atoms with van der Waals surface area (Å²) in [7, 11) is -3.76. The van der Waals surface area contributed by atoms with Gasteiger partial charge in [-0.2, -0.15) is 4.31 Å². The van der Waals surface area contributed by atoms with E-state index in [9.17, 15) is 18.0 Å². The summed E-state index contributed by atoms with van der Waals surface area (Å²) >= 11 is 0. The van der Waals surface area contributed by atoms with Crippen LogP contribution in [0, 0.1) is 0 Å². The van der Waals surface area contributed by atoms with Crippen molar-refractivity contribution in [2.45, 2.75) is 17.4 Å². The van der Waals surface area contributed by atoms with Crippen molar-refractivity contribution in [3.05, 3.63) is 54.1 Å². The smallest absolute Gasteiger partial charge is 0.318 e. The first-order valence-electron chi connectivity index (χ1n) is 10.7. The van der Waals surface area contributed by atoms with E-state index in [1.807, 2.05) is 11.0 Å². The number of fused-ring (bicyclic) bond motifs is 1. The molecule has 0 spiro atoms. The third-order valence-corrected chi connectivity index (χ3v) is 7.50. The second-order valence-electron chi connectivity index (χ2n) is 7.77. The van der Waals surface area contributed by atoms with Crippen LogP contribution in [0.5, 0.6) is 11.5 Å². The van der Waals surface area contributed by atoms with Crippen LogP contribution in [0.3, 0.4) is 0 Å². The number of imide groups is 1. The van der Waals surface area contributed by atoms with E-state index in [0.29, 0.717) is 43.4 Å². The van der Waals surface area contributed by atoms with Gasteiger partial charge in [0.15, 0.2) is 11.5 Å². The Morgan fingerprint density at radius 1 is 0.939 bits per heavy atom. The van der Waals surface area contributed by atoms with Crippen LogP contribution in [0.2, 0.25) is 0 Å². The molecule has 2 aromatic carbocycles. The Labute approximate surface area is 192 Å². The van der Waals surface area contributed by atoms with E-state index in [2.05, 4.69) is 5.32 Å². The highest BCUT2D eigenvalue weighted by Crippen LogP contribution is 2.33. The molecule has 0 aromatic heterocycles. The number of piperazine rings is 1. The average Bonchev–Trinajstić information content (AvgIpc) is 3.05. The number of hydrogen-bond donors (Lipinski definition) is 2. The molecular formula is C22H26N4O6S. The van der Waals surface area contributed by atoms with Gasteiger partial charge in [0, 0.05) is 38.7 Å². The minimum Gasteiger partial charge on any atom is -0.490 e. The third-order valence-electron chi connectivity index (χ3n) is 5.61. The molecule has 33 heavy (non-hydrogen) atoms. The maximum Gasteiger partial charge on any atom is 0.318 e. The third kappa shape index (κ3) is 5.10. The summed E-state index contributed by atoms with van der Waals surface area (Å²) in [5, 5.41) is 2.14. The molecule has 0 saturated carbocycles.